The normalized spacial score (nSPS) is 25.8. The first-order valence-corrected chi connectivity index (χ1v) is 5.64. The van der Waals surface area contributed by atoms with E-state index >= 15 is 0 Å². The molecule has 0 bridgehead atoms. The minimum atomic E-state index is 0.194. The molecule has 14 heavy (non-hydrogen) atoms. The molecule has 0 N–H and O–H groups in total. The van der Waals surface area contributed by atoms with Crippen molar-refractivity contribution in [3.05, 3.63) is 42.7 Å². The van der Waals surface area contributed by atoms with Gasteiger partial charge in [-0.25, -0.2) is 0 Å². The predicted molar refractivity (Wildman–Crippen MR) is 60.4 cm³/mol. The zero-order valence-electron chi connectivity index (χ0n) is 8.27. The molecular weight excluding hydrogens is 192 g/mol. The van der Waals surface area contributed by atoms with Crippen molar-refractivity contribution in [3.63, 3.8) is 0 Å². The molecule has 74 valence electrons. The lowest BCUT2D eigenvalue weighted by Gasteiger charge is -2.28. The molecule has 0 aromatic heterocycles. The van der Waals surface area contributed by atoms with E-state index in [1.165, 1.54) is 4.90 Å². The summed E-state index contributed by atoms with van der Waals surface area (Å²) in [5.74, 6) is 0. The molecule has 0 spiro atoms. The number of thioether (sulfide) groups is 1. The van der Waals surface area contributed by atoms with Crippen LogP contribution in [0.15, 0.2) is 47.6 Å². The van der Waals surface area contributed by atoms with Crippen LogP contribution in [0.25, 0.3) is 0 Å². The van der Waals surface area contributed by atoms with Crippen LogP contribution in [0.4, 0.5) is 0 Å². The Hall–Kier alpha value is -0.890. The monoisotopic (exact) mass is 206 g/mol. The average Bonchev–Trinajstić information content (AvgIpc) is 2.19. The summed E-state index contributed by atoms with van der Waals surface area (Å²) >= 11 is 1.90. The van der Waals surface area contributed by atoms with E-state index in [9.17, 15) is 0 Å². The van der Waals surface area contributed by atoms with Gasteiger partial charge in [-0.2, -0.15) is 0 Å². The summed E-state index contributed by atoms with van der Waals surface area (Å²) in [4.78, 5) is 1.32. The van der Waals surface area contributed by atoms with E-state index in [-0.39, 0.29) is 4.75 Å². The Morgan fingerprint density at radius 2 is 2.07 bits per heavy atom. The fourth-order valence-corrected chi connectivity index (χ4v) is 2.59. The molecule has 1 aromatic rings. The van der Waals surface area contributed by atoms with Gasteiger partial charge in [-0.1, -0.05) is 18.2 Å². The molecule has 2 heteroatoms. The van der Waals surface area contributed by atoms with Gasteiger partial charge < -0.3 is 4.74 Å². The molecule has 1 aromatic carbocycles. The molecule has 1 aliphatic heterocycles. The zero-order valence-corrected chi connectivity index (χ0v) is 9.09. The maximum atomic E-state index is 5.21. The highest BCUT2D eigenvalue weighted by Crippen LogP contribution is 2.37. The minimum Gasteiger partial charge on any atom is -0.501 e. The fraction of sp³-hybridized carbons (Fsp3) is 0.333. The summed E-state index contributed by atoms with van der Waals surface area (Å²) in [6, 6.07) is 10.5. The molecule has 0 aliphatic carbocycles. The van der Waals surface area contributed by atoms with E-state index in [1.54, 1.807) is 0 Å². The molecule has 0 saturated heterocycles. The summed E-state index contributed by atoms with van der Waals surface area (Å²) in [6.07, 6.45) is 5.04. The second-order valence-electron chi connectivity index (χ2n) is 3.65. The molecule has 0 amide bonds. The number of benzene rings is 1. The van der Waals surface area contributed by atoms with E-state index < -0.39 is 0 Å². The first-order chi connectivity index (χ1) is 6.79. The molecule has 0 radical (unpaired) electrons. The summed E-state index contributed by atoms with van der Waals surface area (Å²) in [5, 5.41) is 0. The van der Waals surface area contributed by atoms with E-state index in [4.69, 9.17) is 4.74 Å². The van der Waals surface area contributed by atoms with E-state index in [0.29, 0.717) is 0 Å². The van der Waals surface area contributed by atoms with Gasteiger partial charge in [0.25, 0.3) is 0 Å². The van der Waals surface area contributed by atoms with Gasteiger partial charge in [0.05, 0.1) is 12.9 Å². The first kappa shape index (κ1) is 9.66. The van der Waals surface area contributed by atoms with Crippen molar-refractivity contribution in [2.75, 3.05) is 6.61 Å². The second kappa shape index (κ2) is 4.09. The van der Waals surface area contributed by atoms with Crippen molar-refractivity contribution in [2.45, 2.75) is 23.0 Å². The third-order valence-electron chi connectivity index (χ3n) is 2.33. The minimum absolute atomic E-state index is 0.194. The second-order valence-corrected chi connectivity index (χ2v) is 5.26. The van der Waals surface area contributed by atoms with Gasteiger partial charge in [0.15, 0.2) is 0 Å². The maximum Gasteiger partial charge on any atom is 0.0889 e. The Balaban J connectivity index is 2.10. The van der Waals surface area contributed by atoms with Crippen LogP contribution in [0, 0.1) is 0 Å². The van der Waals surface area contributed by atoms with Crippen LogP contribution >= 0.6 is 11.8 Å². The fourth-order valence-electron chi connectivity index (χ4n) is 1.45. The van der Waals surface area contributed by atoms with Crippen LogP contribution < -0.4 is 0 Å². The van der Waals surface area contributed by atoms with Gasteiger partial charge in [0.2, 0.25) is 0 Å². The predicted octanol–water partition coefficient (Wildman–Crippen LogP) is 3.47. The van der Waals surface area contributed by atoms with Gasteiger partial charge in [0, 0.05) is 9.64 Å². The highest BCUT2D eigenvalue weighted by Gasteiger charge is 2.24. The maximum absolute atomic E-state index is 5.21. The molecule has 1 nitrogen and oxygen atoms in total. The lowest BCUT2D eigenvalue weighted by atomic mass is 10.1. The number of rotatable bonds is 2. The van der Waals surface area contributed by atoms with Crippen molar-refractivity contribution in [2.24, 2.45) is 0 Å². The molecule has 2 rings (SSSR count). The average molecular weight is 206 g/mol. The Labute approximate surface area is 89.2 Å². The molecule has 1 unspecified atom stereocenters. The molecule has 0 saturated carbocycles. The van der Waals surface area contributed by atoms with Crippen molar-refractivity contribution in [1.82, 2.24) is 0 Å². The molecule has 1 atom stereocenters. The molecule has 1 aliphatic rings. The highest BCUT2D eigenvalue weighted by molar-refractivity contribution is 8.00. The number of hydrogen-bond acceptors (Lipinski definition) is 2. The van der Waals surface area contributed by atoms with Crippen LogP contribution in [0.5, 0.6) is 0 Å². The van der Waals surface area contributed by atoms with Gasteiger partial charge >= 0.3 is 0 Å². The van der Waals surface area contributed by atoms with Gasteiger partial charge in [-0.3, -0.25) is 0 Å². The van der Waals surface area contributed by atoms with Crippen molar-refractivity contribution in [3.8, 4) is 0 Å². The highest BCUT2D eigenvalue weighted by atomic mass is 32.2. The van der Waals surface area contributed by atoms with Crippen LogP contribution in [-0.2, 0) is 4.74 Å². The Morgan fingerprint density at radius 1 is 1.29 bits per heavy atom. The summed E-state index contributed by atoms with van der Waals surface area (Å²) < 4.78 is 5.40. The molecular formula is C12H14OS. The third kappa shape index (κ3) is 2.32. The van der Waals surface area contributed by atoms with E-state index in [0.717, 1.165) is 13.0 Å². The van der Waals surface area contributed by atoms with Crippen LogP contribution in [0.1, 0.15) is 13.3 Å². The lowest BCUT2D eigenvalue weighted by Crippen LogP contribution is -2.22. The standard InChI is InChI=1S/C12H14OS/c1-12(7-9-13-10-8-12)14-11-5-3-2-4-6-11/h2-7,9H,8,10H2,1H3. The number of ether oxygens (including phenoxy) is 1. The Bertz CT molecular complexity index is 320. The van der Waals surface area contributed by atoms with Crippen molar-refractivity contribution >= 4 is 11.8 Å². The third-order valence-corrected chi connectivity index (χ3v) is 3.64. The van der Waals surface area contributed by atoms with E-state index in [1.807, 2.05) is 24.1 Å². The zero-order chi connectivity index (χ0) is 9.86. The van der Waals surface area contributed by atoms with Crippen LogP contribution in [0.2, 0.25) is 0 Å². The SMILES string of the molecule is CC1(Sc2ccccc2)C=COCC1. The van der Waals surface area contributed by atoms with Gasteiger partial charge in [-0.15, -0.1) is 11.8 Å². The van der Waals surface area contributed by atoms with Gasteiger partial charge in [0.1, 0.15) is 0 Å². The largest absolute Gasteiger partial charge is 0.501 e. The topological polar surface area (TPSA) is 9.23 Å². The van der Waals surface area contributed by atoms with Crippen LogP contribution in [0.3, 0.4) is 0 Å². The first-order valence-electron chi connectivity index (χ1n) is 4.82. The molecule has 1 heterocycles. The van der Waals surface area contributed by atoms with Crippen molar-refractivity contribution < 1.29 is 4.74 Å². The molecule has 0 fully saturated rings. The Morgan fingerprint density at radius 3 is 2.71 bits per heavy atom. The quantitative estimate of drug-likeness (QED) is 0.732. The smallest absolute Gasteiger partial charge is 0.0889 e. The van der Waals surface area contributed by atoms with Crippen molar-refractivity contribution in [1.29, 1.82) is 0 Å². The van der Waals surface area contributed by atoms with E-state index in [2.05, 4.69) is 37.3 Å². The summed E-state index contributed by atoms with van der Waals surface area (Å²) in [7, 11) is 0. The van der Waals surface area contributed by atoms with Crippen LogP contribution in [-0.4, -0.2) is 11.4 Å². The lowest BCUT2D eigenvalue weighted by molar-refractivity contribution is 0.219. The summed E-state index contributed by atoms with van der Waals surface area (Å²) in [5.41, 5.74) is 0. The number of hydrogen-bond donors (Lipinski definition) is 0. The summed E-state index contributed by atoms with van der Waals surface area (Å²) in [6.45, 7) is 3.08. The van der Waals surface area contributed by atoms with Gasteiger partial charge in [-0.05, 0) is 31.6 Å². The Kier molecular flexibility index (Phi) is 2.82.